The quantitative estimate of drug-likeness (QED) is 0.357. The summed E-state index contributed by atoms with van der Waals surface area (Å²) in [6.07, 6.45) is -2.01. The molecule has 2 saturated carbocycles. The minimum atomic E-state index is -4.90. The number of hydrogen-bond donors (Lipinski definition) is 3. The Hall–Kier alpha value is -4.61. The Balaban J connectivity index is 1.29. The average molecular weight is 751 g/mol. The van der Waals surface area contributed by atoms with Gasteiger partial charge in [0, 0.05) is 32.5 Å². The number of rotatable bonds is 7. The van der Waals surface area contributed by atoms with Crippen LogP contribution in [-0.2, 0) is 42.2 Å². The molecule has 3 N–H and O–H groups in total. The second kappa shape index (κ2) is 14.1. The molecule has 6 rings (SSSR count). The first-order valence-corrected chi connectivity index (χ1v) is 18.7. The van der Waals surface area contributed by atoms with Gasteiger partial charge in [0.25, 0.3) is 5.91 Å². The number of carbonyl (C=O) groups excluding carboxylic acids is 5. The van der Waals surface area contributed by atoms with Crippen LogP contribution < -0.4 is 15.4 Å². The molecule has 18 heteroatoms. The van der Waals surface area contributed by atoms with Gasteiger partial charge >= 0.3 is 18.3 Å². The smallest absolute Gasteiger partial charge is 0.410 e. The highest BCUT2D eigenvalue weighted by molar-refractivity contribution is 7.91. The number of nitrogens with zero attached hydrogens (tertiary/aromatic N) is 3. The zero-order chi connectivity index (χ0) is 37.6. The van der Waals surface area contributed by atoms with Crippen molar-refractivity contribution in [2.24, 2.45) is 5.92 Å². The lowest BCUT2D eigenvalue weighted by Gasteiger charge is -2.31. The third-order valence-corrected chi connectivity index (χ3v) is 12.0. The van der Waals surface area contributed by atoms with Crippen LogP contribution >= 0.6 is 0 Å². The van der Waals surface area contributed by atoms with E-state index in [1.165, 1.54) is 18.0 Å². The predicted octanol–water partition coefficient (Wildman–Crippen LogP) is 2.55. The molecule has 282 valence electrons. The number of amides is 6. The van der Waals surface area contributed by atoms with Crippen molar-refractivity contribution in [2.45, 2.75) is 93.2 Å². The van der Waals surface area contributed by atoms with Crippen molar-refractivity contribution in [1.29, 1.82) is 0 Å². The molecule has 0 unspecified atom stereocenters. The molecule has 14 nitrogen and oxygen atoms in total. The Labute approximate surface area is 298 Å². The van der Waals surface area contributed by atoms with E-state index < -0.39 is 93.9 Å². The van der Waals surface area contributed by atoms with E-state index in [2.05, 4.69) is 17.2 Å². The summed E-state index contributed by atoms with van der Waals surface area (Å²) in [4.78, 5) is 71.2. The maximum Gasteiger partial charge on any atom is 0.410 e. The number of urea groups is 1. The van der Waals surface area contributed by atoms with Gasteiger partial charge in [0.05, 0.1) is 24.8 Å². The number of halogens is 3. The number of alkyl halides is 3. The molecule has 3 heterocycles. The molecule has 2 aliphatic carbocycles. The van der Waals surface area contributed by atoms with E-state index in [1.54, 1.807) is 0 Å². The van der Waals surface area contributed by atoms with Gasteiger partial charge in [-0.2, -0.15) is 13.2 Å². The maximum absolute atomic E-state index is 14.0. The molecule has 1 aromatic rings. The van der Waals surface area contributed by atoms with Crippen LogP contribution in [0.4, 0.5) is 22.8 Å². The number of benzene rings is 1. The van der Waals surface area contributed by atoms with Crippen LogP contribution in [0, 0.1) is 5.92 Å². The Kier molecular flexibility index (Phi) is 10.1. The molecule has 6 amide bonds. The van der Waals surface area contributed by atoms with Crippen LogP contribution in [0.15, 0.2) is 36.9 Å². The molecule has 5 atom stereocenters. The zero-order valence-electron chi connectivity index (χ0n) is 28.5. The first-order chi connectivity index (χ1) is 24.5. The molecular weight excluding hydrogens is 709 g/mol. The van der Waals surface area contributed by atoms with Gasteiger partial charge in [0.2, 0.25) is 21.8 Å². The minimum absolute atomic E-state index is 0.0148. The molecule has 0 radical (unpaired) electrons. The van der Waals surface area contributed by atoms with Gasteiger partial charge in [0.1, 0.15) is 23.7 Å². The summed E-state index contributed by atoms with van der Waals surface area (Å²) in [7, 11) is -2.62. The minimum Gasteiger partial charge on any atom is -0.444 e. The molecule has 52 heavy (non-hydrogen) atoms. The average Bonchev–Trinajstić information content (AvgIpc) is 3.97. The molecular formula is C34H41F3N6O8S. The lowest BCUT2D eigenvalue weighted by Crippen LogP contribution is -2.59. The van der Waals surface area contributed by atoms with Crippen LogP contribution in [0.3, 0.4) is 0 Å². The SMILES string of the molecule is C=C[C@@H]1C[C@]1(NC(=O)[C@@H]1C[C@@H]2CN1C(=O)[C@H](CC(F)(F)F)NC(=O)N(C)CCCC=Cc1cccc3c1CN(C3)C(=O)O2)C(=O)NS(=O)(=O)C1CC1. The summed E-state index contributed by atoms with van der Waals surface area (Å²) in [5.74, 6) is -3.90. The van der Waals surface area contributed by atoms with Crippen LogP contribution in [0.1, 0.15) is 61.6 Å². The predicted molar refractivity (Wildman–Crippen MR) is 179 cm³/mol. The first-order valence-electron chi connectivity index (χ1n) is 17.1. The van der Waals surface area contributed by atoms with Gasteiger partial charge in [-0.05, 0) is 48.8 Å². The van der Waals surface area contributed by atoms with Crippen molar-refractivity contribution in [1.82, 2.24) is 30.1 Å². The Morgan fingerprint density at radius 2 is 1.92 bits per heavy atom. The summed E-state index contributed by atoms with van der Waals surface area (Å²) < 4.78 is 74.5. The number of ether oxygens (including phenoxy) is 1. The lowest BCUT2D eigenvalue weighted by atomic mass is 10.0. The van der Waals surface area contributed by atoms with Crippen molar-refractivity contribution in [3.8, 4) is 0 Å². The fourth-order valence-corrected chi connectivity index (χ4v) is 8.36. The molecule has 0 aromatic heterocycles. The van der Waals surface area contributed by atoms with Gasteiger partial charge < -0.3 is 25.2 Å². The number of allylic oxidation sites excluding steroid dienone is 1. The second-order valence-electron chi connectivity index (χ2n) is 14.1. The highest BCUT2D eigenvalue weighted by Crippen LogP contribution is 2.45. The monoisotopic (exact) mass is 750 g/mol. The van der Waals surface area contributed by atoms with Gasteiger partial charge in [-0.3, -0.25) is 24.0 Å². The number of hydrogen-bond acceptors (Lipinski definition) is 8. The normalized spacial score (nSPS) is 28.3. The van der Waals surface area contributed by atoms with E-state index in [-0.39, 0.29) is 32.5 Å². The molecule has 5 aliphatic rings. The lowest BCUT2D eigenvalue weighted by molar-refractivity contribution is -0.155. The summed E-state index contributed by atoms with van der Waals surface area (Å²) in [6, 6.07) is 1.02. The van der Waals surface area contributed by atoms with E-state index in [1.807, 2.05) is 35.1 Å². The number of sulfonamides is 1. The molecule has 4 bridgehead atoms. The highest BCUT2D eigenvalue weighted by Gasteiger charge is 2.62. The summed E-state index contributed by atoms with van der Waals surface area (Å²) in [6.45, 7) is 3.77. The van der Waals surface area contributed by atoms with Gasteiger partial charge in [0.15, 0.2) is 0 Å². The van der Waals surface area contributed by atoms with Crippen LogP contribution in [-0.4, -0.2) is 108 Å². The second-order valence-corrected chi connectivity index (χ2v) is 16.0. The van der Waals surface area contributed by atoms with Gasteiger partial charge in [-0.25, -0.2) is 18.0 Å². The summed E-state index contributed by atoms with van der Waals surface area (Å²) in [5, 5.41) is 3.98. The number of fused-ring (bicyclic) bond motifs is 3. The van der Waals surface area contributed by atoms with E-state index >= 15 is 0 Å². The van der Waals surface area contributed by atoms with Crippen molar-refractivity contribution in [2.75, 3.05) is 20.1 Å². The van der Waals surface area contributed by atoms with Crippen molar-refractivity contribution < 1.29 is 50.3 Å². The largest absolute Gasteiger partial charge is 0.444 e. The molecule has 3 fully saturated rings. The molecule has 0 spiro atoms. The highest BCUT2D eigenvalue weighted by atomic mass is 32.2. The topological polar surface area (TPSA) is 175 Å². The fourth-order valence-electron chi connectivity index (χ4n) is 6.99. The number of carbonyl (C=O) groups is 5. The van der Waals surface area contributed by atoms with E-state index in [0.29, 0.717) is 25.7 Å². The van der Waals surface area contributed by atoms with Crippen molar-refractivity contribution in [3.05, 3.63) is 53.6 Å². The van der Waals surface area contributed by atoms with E-state index in [0.717, 1.165) is 26.5 Å². The van der Waals surface area contributed by atoms with Gasteiger partial charge in [-0.1, -0.05) is 36.4 Å². The molecule has 1 aromatic carbocycles. The Morgan fingerprint density at radius 1 is 1.17 bits per heavy atom. The maximum atomic E-state index is 14.0. The van der Waals surface area contributed by atoms with Crippen molar-refractivity contribution in [3.63, 3.8) is 0 Å². The fraction of sp³-hybridized carbons (Fsp3) is 0.559. The van der Waals surface area contributed by atoms with E-state index in [4.69, 9.17) is 4.74 Å². The van der Waals surface area contributed by atoms with Crippen LogP contribution in [0.25, 0.3) is 6.08 Å². The Morgan fingerprint density at radius 3 is 2.60 bits per heavy atom. The van der Waals surface area contributed by atoms with Gasteiger partial charge in [-0.15, -0.1) is 6.58 Å². The molecule has 1 saturated heterocycles. The summed E-state index contributed by atoms with van der Waals surface area (Å²) >= 11 is 0. The first kappa shape index (κ1) is 37.2. The van der Waals surface area contributed by atoms with Crippen molar-refractivity contribution >= 4 is 45.9 Å². The van der Waals surface area contributed by atoms with E-state index in [9.17, 15) is 45.6 Å². The zero-order valence-corrected chi connectivity index (χ0v) is 29.3. The number of nitrogens with one attached hydrogen (secondary N) is 3. The Bertz CT molecular complexity index is 1800. The third-order valence-electron chi connectivity index (χ3n) is 10.2. The van der Waals surface area contributed by atoms with Crippen LogP contribution in [0.5, 0.6) is 0 Å². The van der Waals surface area contributed by atoms with Crippen LogP contribution in [0.2, 0.25) is 0 Å². The summed E-state index contributed by atoms with van der Waals surface area (Å²) in [5.41, 5.74) is 0.954. The standard InChI is InChI=1S/C34H41F3N6O8S/c1-3-22-15-33(22,30(46)40-52(49,50)24-11-12-24)39-28(44)27-14-23-18-43(27)29(45)26(16-34(35,36)37)38-31(47)41(2)13-6-4-5-8-20-9-7-10-21-17-42(19-25(20)21)32(48)51-23/h3,5,7-10,22-24,26-27H,1,4,6,11-19H2,2H3,(H,38,47)(H,39,44)(H,40,46)/t22-,23-,26+,27+,33-/m1/s1. The third kappa shape index (κ3) is 7.90. The molecule has 3 aliphatic heterocycles.